The van der Waals surface area contributed by atoms with E-state index in [0.29, 0.717) is 6.42 Å². The highest BCUT2D eigenvalue weighted by Gasteiger charge is 2.31. The predicted molar refractivity (Wildman–Crippen MR) is 63.9 cm³/mol. The number of halogens is 1. The maximum Gasteiger partial charge on any atom is 0.217 e. The predicted octanol–water partition coefficient (Wildman–Crippen LogP) is 0.0640. The number of sulfone groups is 1. The second-order valence-electron chi connectivity index (χ2n) is 3.91. The van der Waals surface area contributed by atoms with Gasteiger partial charge in [-0.25, -0.2) is 21.1 Å². The fourth-order valence-corrected chi connectivity index (χ4v) is 4.77. The first-order valence-corrected chi connectivity index (χ1v) is 8.91. The maximum atomic E-state index is 11.9. The molecular formula is C8H16ClNO4S2. The summed E-state index contributed by atoms with van der Waals surface area (Å²) in [6.45, 7) is 1.84. The Hall–Kier alpha value is 0.150. The molecular weight excluding hydrogens is 274 g/mol. The topological polar surface area (TPSA) is 71.5 Å². The molecule has 0 aliphatic carbocycles. The molecule has 1 heterocycles. The number of alkyl halides is 1. The minimum atomic E-state index is -3.45. The van der Waals surface area contributed by atoms with Crippen molar-refractivity contribution in [2.75, 3.05) is 30.5 Å². The van der Waals surface area contributed by atoms with E-state index in [1.165, 1.54) is 11.2 Å². The van der Waals surface area contributed by atoms with Gasteiger partial charge in [0.05, 0.1) is 16.8 Å². The zero-order valence-electron chi connectivity index (χ0n) is 9.09. The largest absolute Gasteiger partial charge is 0.229 e. The average molecular weight is 290 g/mol. The Morgan fingerprint density at radius 3 is 2.50 bits per heavy atom. The lowest BCUT2D eigenvalue weighted by molar-refractivity contribution is 0.429. The third kappa shape index (κ3) is 3.32. The third-order valence-electron chi connectivity index (χ3n) is 2.60. The van der Waals surface area contributed by atoms with Gasteiger partial charge in [0.25, 0.3) is 0 Å². The van der Waals surface area contributed by atoms with Crippen LogP contribution in [-0.2, 0) is 19.9 Å². The fourth-order valence-electron chi connectivity index (χ4n) is 1.50. The van der Waals surface area contributed by atoms with Crippen molar-refractivity contribution in [1.82, 2.24) is 4.31 Å². The summed E-state index contributed by atoms with van der Waals surface area (Å²) in [5.74, 6) is -0.0128. The number of sulfonamides is 1. The summed E-state index contributed by atoms with van der Waals surface area (Å²) >= 11 is 5.53. The molecule has 0 aromatic carbocycles. The smallest absolute Gasteiger partial charge is 0.217 e. The molecule has 0 bridgehead atoms. The normalized spacial score (nSPS) is 24.9. The van der Waals surface area contributed by atoms with Crippen molar-refractivity contribution in [3.8, 4) is 0 Å². The third-order valence-corrected chi connectivity index (χ3v) is 7.23. The molecule has 1 aliphatic rings. The minimum Gasteiger partial charge on any atom is -0.229 e. The van der Waals surface area contributed by atoms with Crippen LogP contribution >= 0.6 is 11.6 Å². The summed E-state index contributed by atoms with van der Waals surface area (Å²) in [6.07, 6.45) is 0.358. The standard InChI is InChI=1S/C8H16ClNO4S2/c1-8(7-9)16(13,14)10-3-2-5-15(11,12)6-4-10/h8H,2-7H2,1H3. The first-order valence-electron chi connectivity index (χ1n) is 5.05. The Kier molecular flexibility index (Phi) is 4.62. The van der Waals surface area contributed by atoms with Crippen molar-refractivity contribution in [3.05, 3.63) is 0 Å². The first-order chi connectivity index (χ1) is 7.29. The zero-order valence-corrected chi connectivity index (χ0v) is 11.5. The Morgan fingerprint density at radius 2 is 1.94 bits per heavy atom. The molecule has 8 heteroatoms. The number of hydrogen-bond acceptors (Lipinski definition) is 4. The van der Waals surface area contributed by atoms with Crippen LogP contribution in [0.2, 0.25) is 0 Å². The van der Waals surface area contributed by atoms with E-state index >= 15 is 0 Å². The van der Waals surface area contributed by atoms with Crippen LogP contribution in [-0.4, -0.2) is 56.9 Å². The molecule has 1 fully saturated rings. The van der Waals surface area contributed by atoms with Gasteiger partial charge in [-0.1, -0.05) is 0 Å². The summed E-state index contributed by atoms with van der Waals surface area (Å²) in [6, 6.07) is 0. The molecule has 0 N–H and O–H groups in total. The van der Waals surface area contributed by atoms with E-state index in [0.717, 1.165) is 0 Å². The van der Waals surface area contributed by atoms with E-state index in [1.807, 2.05) is 0 Å². The monoisotopic (exact) mass is 289 g/mol. The van der Waals surface area contributed by atoms with Crippen LogP contribution in [0.5, 0.6) is 0 Å². The van der Waals surface area contributed by atoms with Gasteiger partial charge >= 0.3 is 0 Å². The van der Waals surface area contributed by atoms with Crippen LogP contribution < -0.4 is 0 Å². The Bertz CT molecular complexity index is 431. The van der Waals surface area contributed by atoms with Crippen LogP contribution in [0.3, 0.4) is 0 Å². The molecule has 0 radical (unpaired) electrons. The molecule has 0 spiro atoms. The molecule has 1 aliphatic heterocycles. The quantitative estimate of drug-likeness (QED) is 0.689. The van der Waals surface area contributed by atoms with Crippen LogP contribution in [0.25, 0.3) is 0 Å². The van der Waals surface area contributed by atoms with Gasteiger partial charge in [-0.15, -0.1) is 11.6 Å². The van der Waals surface area contributed by atoms with Crippen molar-refractivity contribution < 1.29 is 16.8 Å². The summed E-state index contributed by atoms with van der Waals surface area (Å²) < 4.78 is 47.8. The summed E-state index contributed by atoms with van der Waals surface area (Å²) in [5.41, 5.74) is 0. The minimum absolute atomic E-state index is 0.0194. The van der Waals surface area contributed by atoms with Gasteiger partial charge in [0, 0.05) is 19.0 Å². The lowest BCUT2D eigenvalue weighted by atomic mass is 10.5. The molecule has 0 amide bonds. The van der Waals surface area contributed by atoms with Gasteiger partial charge in [0.1, 0.15) is 0 Å². The van der Waals surface area contributed by atoms with Crippen LogP contribution in [0, 0.1) is 0 Å². The Labute approximate surface area is 102 Å². The van der Waals surface area contributed by atoms with Crippen molar-refractivity contribution in [2.45, 2.75) is 18.6 Å². The van der Waals surface area contributed by atoms with Gasteiger partial charge in [-0.3, -0.25) is 0 Å². The van der Waals surface area contributed by atoms with Crippen molar-refractivity contribution >= 4 is 31.5 Å². The van der Waals surface area contributed by atoms with E-state index in [-0.39, 0.29) is 30.5 Å². The molecule has 96 valence electrons. The van der Waals surface area contributed by atoms with Crippen molar-refractivity contribution in [1.29, 1.82) is 0 Å². The van der Waals surface area contributed by atoms with Gasteiger partial charge < -0.3 is 0 Å². The van der Waals surface area contributed by atoms with Crippen molar-refractivity contribution in [2.24, 2.45) is 0 Å². The molecule has 0 saturated carbocycles. The molecule has 1 atom stereocenters. The van der Waals surface area contributed by atoms with Gasteiger partial charge in [0.15, 0.2) is 9.84 Å². The van der Waals surface area contributed by atoms with E-state index in [2.05, 4.69) is 0 Å². The summed E-state index contributed by atoms with van der Waals surface area (Å²) in [5, 5.41) is -0.671. The van der Waals surface area contributed by atoms with Gasteiger partial charge in [-0.05, 0) is 13.3 Å². The SMILES string of the molecule is CC(CCl)S(=O)(=O)N1CCCS(=O)(=O)CC1. The highest BCUT2D eigenvalue weighted by atomic mass is 35.5. The molecule has 5 nitrogen and oxygen atoms in total. The highest BCUT2D eigenvalue weighted by molar-refractivity contribution is 7.91. The van der Waals surface area contributed by atoms with E-state index in [1.54, 1.807) is 0 Å². The highest BCUT2D eigenvalue weighted by Crippen LogP contribution is 2.14. The van der Waals surface area contributed by atoms with Crippen LogP contribution in [0.1, 0.15) is 13.3 Å². The molecule has 0 aromatic rings. The number of hydrogen-bond donors (Lipinski definition) is 0. The molecule has 16 heavy (non-hydrogen) atoms. The van der Waals surface area contributed by atoms with Gasteiger partial charge in [-0.2, -0.15) is 0 Å². The summed E-state index contributed by atoms with van der Waals surface area (Å²) in [4.78, 5) is 0. The Morgan fingerprint density at radius 1 is 1.31 bits per heavy atom. The lowest BCUT2D eigenvalue weighted by Crippen LogP contribution is -2.40. The summed E-state index contributed by atoms with van der Waals surface area (Å²) in [7, 11) is -6.53. The average Bonchev–Trinajstić information content (AvgIpc) is 2.38. The van der Waals surface area contributed by atoms with Crippen LogP contribution in [0.4, 0.5) is 0 Å². The maximum absolute atomic E-state index is 11.9. The fraction of sp³-hybridized carbons (Fsp3) is 1.00. The van der Waals surface area contributed by atoms with E-state index in [4.69, 9.17) is 11.6 Å². The molecule has 1 unspecified atom stereocenters. The van der Waals surface area contributed by atoms with E-state index in [9.17, 15) is 16.8 Å². The van der Waals surface area contributed by atoms with Gasteiger partial charge in [0.2, 0.25) is 10.0 Å². The second kappa shape index (κ2) is 5.20. The number of rotatable bonds is 3. The van der Waals surface area contributed by atoms with Crippen LogP contribution in [0.15, 0.2) is 0 Å². The molecule has 1 saturated heterocycles. The lowest BCUT2D eigenvalue weighted by Gasteiger charge is -2.22. The number of nitrogens with zero attached hydrogens (tertiary/aromatic N) is 1. The molecule has 0 aromatic heterocycles. The zero-order chi connectivity index (χ0) is 12.4. The molecule has 1 rings (SSSR count). The van der Waals surface area contributed by atoms with Crippen molar-refractivity contribution in [3.63, 3.8) is 0 Å². The second-order valence-corrected chi connectivity index (χ2v) is 8.88. The Balaban J connectivity index is 2.83. The van der Waals surface area contributed by atoms with E-state index < -0.39 is 25.1 Å². The first kappa shape index (κ1) is 14.2.